The predicted octanol–water partition coefficient (Wildman–Crippen LogP) is 2.79. The molecule has 0 saturated carbocycles. The topological polar surface area (TPSA) is 57.5 Å². The Morgan fingerprint density at radius 2 is 2.26 bits per heavy atom. The van der Waals surface area contributed by atoms with Crippen LogP contribution in [-0.2, 0) is 10.5 Å². The molecule has 0 aliphatic rings. The van der Waals surface area contributed by atoms with Crippen LogP contribution in [0, 0.1) is 11.7 Å². The van der Waals surface area contributed by atoms with E-state index >= 15 is 0 Å². The highest BCUT2D eigenvalue weighted by molar-refractivity contribution is 7.98. The van der Waals surface area contributed by atoms with Crippen molar-refractivity contribution in [3.63, 3.8) is 0 Å². The van der Waals surface area contributed by atoms with Crippen LogP contribution in [0.2, 0.25) is 0 Å². The van der Waals surface area contributed by atoms with Gasteiger partial charge in [-0.2, -0.15) is 11.8 Å². The van der Waals surface area contributed by atoms with Gasteiger partial charge in [0.25, 0.3) is 0 Å². The molecule has 19 heavy (non-hydrogen) atoms. The Labute approximate surface area is 116 Å². The Balaban J connectivity index is 2.65. The third-order valence-corrected chi connectivity index (χ3v) is 3.79. The summed E-state index contributed by atoms with van der Waals surface area (Å²) in [6, 6.07) is 4.67. The molecule has 1 rings (SSSR count). The monoisotopic (exact) mass is 284 g/mol. The second-order valence-corrected chi connectivity index (χ2v) is 5.36. The molecule has 2 N–H and O–H groups in total. The quantitative estimate of drug-likeness (QED) is 0.756. The van der Waals surface area contributed by atoms with Crippen molar-refractivity contribution >= 4 is 23.8 Å². The summed E-state index contributed by atoms with van der Waals surface area (Å²) in [5.74, 6) is 0.231. The normalized spacial score (nSPS) is 12.8. The maximum Gasteiger partial charge on any atom is 0.328 e. The number of rotatable bonds is 7. The Morgan fingerprint density at radius 1 is 1.53 bits per heavy atom. The maximum absolute atomic E-state index is 13.4. The number of hydrogen-bond acceptors (Lipinski definition) is 3. The molecule has 3 nitrogen and oxygen atoms in total. The standard InChI is InChI=1S/C14H17FO3S/c1-10(7-16)8-19-9-11-2-4-13(15)12(6-11)3-5-14(17)18/h2-6,10,16H,7-9H2,1H3,(H,17,18). The molecule has 0 saturated heterocycles. The third-order valence-electron chi connectivity index (χ3n) is 2.45. The van der Waals surface area contributed by atoms with Gasteiger partial charge in [-0.3, -0.25) is 0 Å². The molecular formula is C14H17FO3S. The number of aliphatic hydroxyl groups excluding tert-OH is 1. The first-order valence-electron chi connectivity index (χ1n) is 5.91. The van der Waals surface area contributed by atoms with Crippen LogP contribution in [0.3, 0.4) is 0 Å². The lowest BCUT2D eigenvalue weighted by Gasteiger charge is -2.08. The molecule has 0 fully saturated rings. The van der Waals surface area contributed by atoms with E-state index in [2.05, 4.69) is 0 Å². The highest BCUT2D eigenvalue weighted by Crippen LogP contribution is 2.19. The maximum atomic E-state index is 13.4. The summed E-state index contributed by atoms with van der Waals surface area (Å²) in [5, 5.41) is 17.4. The van der Waals surface area contributed by atoms with Crippen molar-refractivity contribution in [2.24, 2.45) is 5.92 Å². The van der Waals surface area contributed by atoms with Crippen LogP contribution in [0.5, 0.6) is 0 Å². The average Bonchev–Trinajstić information content (AvgIpc) is 2.38. The lowest BCUT2D eigenvalue weighted by Crippen LogP contribution is -2.03. The molecule has 0 radical (unpaired) electrons. The Hall–Kier alpha value is -1.33. The van der Waals surface area contributed by atoms with Gasteiger partial charge in [-0.1, -0.05) is 13.0 Å². The first-order chi connectivity index (χ1) is 9.02. The number of thioether (sulfide) groups is 1. The molecule has 0 spiro atoms. The third kappa shape index (κ3) is 5.89. The second-order valence-electron chi connectivity index (χ2n) is 4.33. The number of halogens is 1. The Kier molecular flexibility index (Phi) is 6.59. The number of benzene rings is 1. The first-order valence-corrected chi connectivity index (χ1v) is 7.06. The summed E-state index contributed by atoms with van der Waals surface area (Å²) in [7, 11) is 0. The molecule has 0 aliphatic heterocycles. The summed E-state index contributed by atoms with van der Waals surface area (Å²) < 4.78 is 13.4. The zero-order valence-corrected chi connectivity index (χ0v) is 11.5. The number of aliphatic hydroxyl groups is 1. The van der Waals surface area contributed by atoms with Gasteiger partial charge in [0.1, 0.15) is 5.82 Å². The van der Waals surface area contributed by atoms with Gasteiger partial charge < -0.3 is 10.2 Å². The SMILES string of the molecule is CC(CO)CSCc1ccc(F)c(C=CC(=O)O)c1. The molecule has 0 aliphatic carbocycles. The van der Waals surface area contributed by atoms with Crippen LogP contribution in [0.15, 0.2) is 24.3 Å². The van der Waals surface area contributed by atoms with Gasteiger partial charge in [-0.05, 0) is 35.4 Å². The summed E-state index contributed by atoms with van der Waals surface area (Å²) in [6.07, 6.45) is 2.17. The molecule has 0 amide bonds. The van der Waals surface area contributed by atoms with Gasteiger partial charge in [-0.25, -0.2) is 9.18 Å². The van der Waals surface area contributed by atoms with Crippen molar-refractivity contribution < 1.29 is 19.4 Å². The summed E-state index contributed by atoms with van der Waals surface area (Å²) in [4.78, 5) is 10.4. The molecule has 0 aromatic heterocycles. The van der Waals surface area contributed by atoms with Crippen LogP contribution < -0.4 is 0 Å². The lowest BCUT2D eigenvalue weighted by molar-refractivity contribution is -0.131. The van der Waals surface area contributed by atoms with Crippen LogP contribution in [0.4, 0.5) is 4.39 Å². The van der Waals surface area contributed by atoms with E-state index in [9.17, 15) is 9.18 Å². The fourth-order valence-corrected chi connectivity index (χ4v) is 2.44. The molecule has 1 aromatic carbocycles. The molecular weight excluding hydrogens is 267 g/mol. The smallest absolute Gasteiger partial charge is 0.328 e. The minimum Gasteiger partial charge on any atom is -0.478 e. The number of carbonyl (C=O) groups is 1. The number of aliphatic carboxylic acids is 1. The van der Waals surface area contributed by atoms with Crippen molar-refractivity contribution in [2.75, 3.05) is 12.4 Å². The molecule has 0 heterocycles. The molecule has 5 heteroatoms. The van der Waals surface area contributed by atoms with E-state index in [0.717, 1.165) is 17.4 Å². The predicted molar refractivity (Wildman–Crippen MR) is 75.5 cm³/mol. The average molecular weight is 284 g/mol. The molecule has 1 aromatic rings. The second kappa shape index (κ2) is 7.96. The minimum absolute atomic E-state index is 0.156. The Bertz CT molecular complexity index is 460. The van der Waals surface area contributed by atoms with Gasteiger partial charge in [0, 0.05) is 24.0 Å². The molecule has 0 bridgehead atoms. The van der Waals surface area contributed by atoms with E-state index in [4.69, 9.17) is 10.2 Å². The highest BCUT2D eigenvalue weighted by atomic mass is 32.2. The van der Waals surface area contributed by atoms with E-state index < -0.39 is 11.8 Å². The first kappa shape index (κ1) is 15.7. The zero-order valence-electron chi connectivity index (χ0n) is 10.7. The van der Waals surface area contributed by atoms with Crippen LogP contribution in [-0.4, -0.2) is 28.5 Å². The van der Waals surface area contributed by atoms with E-state index in [1.165, 1.54) is 12.1 Å². The van der Waals surface area contributed by atoms with E-state index in [-0.39, 0.29) is 18.1 Å². The van der Waals surface area contributed by atoms with Crippen LogP contribution in [0.25, 0.3) is 6.08 Å². The van der Waals surface area contributed by atoms with Crippen molar-refractivity contribution in [3.05, 3.63) is 41.2 Å². The summed E-state index contributed by atoms with van der Waals surface area (Å²) >= 11 is 1.66. The van der Waals surface area contributed by atoms with Gasteiger partial charge in [0.2, 0.25) is 0 Å². The van der Waals surface area contributed by atoms with E-state index in [1.54, 1.807) is 23.9 Å². The van der Waals surface area contributed by atoms with E-state index in [1.807, 2.05) is 6.92 Å². The minimum atomic E-state index is -1.10. The van der Waals surface area contributed by atoms with Gasteiger partial charge in [0.05, 0.1) is 0 Å². The van der Waals surface area contributed by atoms with Gasteiger partial charge in [0.15, 0.2) is 0 Å². The number of carboxylic acid groups (broad SMARTS) is 1. The fourth-order valence-electron chi connectivity index (χ4n) is 1.40. The fraction of sp³-hybridized carbons (Fsp3) is 0.357. The zero-order chi connectivity index (χ0) is 14.3. The van der Waals surface area contributed by atoms with Gasteiger partial charge >= 0.3 is 5.97 Å². The largest absolute Gasteiger partial charge is 0.478 e. The summed E-state index contributed by atoms with van der Waals surface area (Å²) in [6.45, 7) is 2.11. The molecule has 1 atom stereocenters. The highest BCUT2D eigenvalue weighted by Gasteiger charge is 2.04. The van der Waals surface area contributed by atoms with Crippen molar-refractivity contribution in [1.29, 1.82) is 0 Å². The molecule has 104 valence electrons. The van der Waals surface area contributed by atoms with Crippen LogP contribution in [0.1, 0.15) is 18.1 Å². The number of carboxylic acids is 1. The lowest BCUT2D eigenvalue weighted by atomic mass is 10.1. The summed E-state index contributed by atoms with van der Waals surface area (Å²) in [5.41, 5.74) is 1.21. The Morgan fingerprint density at radius 3 is 2.89 bits per heavy atom. The molecule has 1 unspecified atom stereocenters. The van der Waals surface area contributed by atoms with Crippen molar-refractivity contribution in [3.8, 4) is 0 Å². The van der Waals surface area contributed by atoms with E-state index in [0.29, 0.717) is 5.75 Å². The van der Waals surface area contributed by atoms with Crippen LogP contribution >= 0.6 is 11.8 Å². The van der Waals surface area contributed by atoms with Crippen molar-refractivity contribution in [1.82, 2.24) is 0 Å². The van der Waals surface area contributed by atoms with Gasteiger partial charge in [-0.15, -0.1) is 0 Å². The number of hydrogen-bond donors (Lipinski definition) is 2. The van der Waals surface area contributed by atoms with Crippen molar-refractivity contribution in [2.45, 2.75) is 12.7 Å².